The van der Waals surface area contributed by atoms with Gasteiger partial charge < -0.3 is 22.9 Å². The minimum absolute atomic E-state index is 0.0737. The number of hydrogen-bond acceptors (Lipinski definition) is 8. The summed E-state index contributed by atoms with van der Waals surface area (Å²) in [6, 6.07) is 6.78. The number of aliphatic hydroxyl groups is 1. The van der Waals surface area contributed by atoms with Gasteiger partial charge in [-0.05, 0) is 31.4 Å². The monoisotopic (exact) mass is 624 g/mol. The highest BCUT2D eigenvalue weighted by atomic mass is 127. The molecule has 3 heterocycles. The highest BCUT2D eigenvalue weighted by Gasteiger charge is 2.43. The van der Waals surface area contributed by atoms with Gasteiger partial charge in [-0.1, -0.05) is 31.1 Å². The van der Waals surface area contributed by atoms with E-state index in [0.717, 1.165) is 21.7 Å². The van der Waals surface area contributed by atoms with Crippen molar-refractivity contribution >= 4 is 46.2 Å². The molecule has 2 N–H and O–H groups in total. The number of halogens is 1. The highest BCUT2D eigenvalue weighted by molar-refractivity contribution is 14.1. The molecule has 1 aliphatic rings. The number of hydrogen-bond donors (Lipinski definition) is 2. The maximum Gasteiger partial charge on any atom is 0.243 e. The predicted octanol–water partition coefficient (Wildman–Crippen LogP) is 4.16. The Kier molecular flexibility index (Phi) is 8.30. The molecule has 0 spiro atoms. The smallest absolute Gasteiger partial charge is 0.243 e. The molecule has 4 rings (SSSR count). The van der Waals surface area contributed by atoms with Crippen LogP contribution in [0.1, 0.15) is 48.9 Å². The number of amides is 2. The lowest BCUT2D eigenvalue weighted by atomic mass is 9.91. The van der Waals surface area contributed by atoms with E-state index in [9.17, 15) is 14.7 Å². The number of β-amino-alcohol motifs (C(OH)–C–C–N with tert-alkyl or cyclic N) is 1. The van der Waals surface area contributed by atoms with Crippen LogP contribution in [-0.2, 0) is 16.1 Å². The van der Waals surface area contributed by atoms with Gasteiger partial charge in [0.15, 0.2) is 23.0 Å². The second kappa shape index (κ2) is 11.3. The lowest BCUT2D eigenvalue weighted by Crippen LogP contribution is -2.48. The lowest BCUT2D eigenvalue weighted by Gasteiger charge is -2.28. The number of carbonyl (C=O) groups excluding carboxylic acids is 2. The third-order valence-electron chi connectivity index (χ3n) is 6.36. The Hall–Kier alpha value is -2.51. The van der Waals surface area contributed by atoms with Crippen LogP contribution in [-0.4, -0.2) is 50.7 Å². The molecule has 0 radical (unpaired) electrons. The zero-order valence-electron chi connectivity index (χ0n) is 20.5. The number of nitrogens with one attached hydrogen (secondary N) is 1. The average molecular weight is 625 g/mol. The van der Waals surface area contributed by atoms with Crippen molar-refractivity contribution in [1.29, 1.82) is 0 Å². The van der Waals surface area contributed by atoms with E-state index >= 15 is 0 Å². The summed E-state index contributed by atoms with van der Waals surface area (Å²) in [6.45, 7) is 7.92. The van der Waals surface area contributed by atoms with E-state index in [1.807, 2.05) is 62.0 Å². The predicted molar refractivity (Wildman–Crippen MR) is 144 cm³/mol. The first-order chi connectivity index (χ1) is 17.2. The third kappa shape index (κ3) is 5.57. The topological polar surface area (TPSA) is 118 Å². The Morgan fingerprint density at radius 1 is 1.33 bits per heavy atom. The van der Waals surface area contributed by atoms with Crippen LogP contribution >= 0.6 is 34.3 Å². The number of aliphatic hydroxyl groups excluding tert-OH is 1. The van der Waals surface area contributed by atoms with Gasteiger partial charge >= 0.3 is 0 Å². The van der Waals surface area contributed by atoms with E-state index in [1.54, 1.807) is 29.8 Å². The van der Waals surface area contributed by atoms with Gasteiger partial charge in [0.25, 0.3) is 0 Å². The Morgan fingerprint density at radius 2 is 2.11 bits per heavy atom. The maximum absolute atomic E-state index is 13.5. The summed E-state index contributed by atoms with van der Waals surface area (Å²) in [4.78, 5) is 33.6. The Morgan fingerprint density at radius 3 is 2.72 bits per heavy atom. The third-order valence-corrected chi connectivity index (χ3v) is 7.81. The van der Waals surface area contributed by atoms with Gasteiger partial charge in [-0.2, -0.15) is 0 Å². The average Bonchev–Trinajstić information content (AvgIpc) is 3.57. The van der Waals surface area contributed by atoms with Crippen molar-refractivity contribution in [2.75, 3.05) is 6.54 Å². The Bertz CT molecular complexity index is 1240. The molecule has 36 heavy (non-hydrogen) atoms. The number of benzene rings is 1. The fourth-order valence-corrected chi connectivity index (χ4v) is 5.76. The van der Waals surface area contributed by atoms with Gasteiger partial charge in [0.1, 0.15) is 23.5 Å². The molecule has 2 aromatic heterocycles. The summed E-state index contributed by atoms with van der Waals surface area (Å²) in [7, 11) is 0. The van der Waals surface area contributed by atoms with Crippen LogP contribution in [0.3, 0.4) is 0 Å². The first-order valence-corrected chi connectivity index (χ1v) is 13.5. The van der Waals surface area contributed by atoms with Gasteiger partial charge in [0.2, 0.25) is 11.8 Å². The number of aryl methyl sites for hydroxylation is 2. The van der Waals surface area contributed by atoms with E-state index in [0.29, 0.717) is 17.2 Å². The second-order valence-corrected chi connectivity index (χ2v) is 10.7. The summed E-state index contributed by atoms with van der Waals surface area (Å²) >= 11 is 3.39. The van der Waals surface area contributed by atoms with Crippen molar-refractivity contribution in [3.05, 3.63) is 52.5 Å². The molecule has 1 saturated heterocycles. The van der Waals surface area contributed by atoms with Crippen LogP contribution in [0.5, 0.6) is 5.75 Å². The molecule has 3 atom stereocenters. The zero-order valence-corrected chi connectivity index (χ0v) is 23.5. The number of likely N-dealkylation sites (tertiary alicyclic amines) is 1. The Balaban J connectivity index is 1.48. The summed E-state index contributed by atoms with van der Waals surface area (Å²) in [5.74, 6) is -0.130. The molecule has 1 aliphatic heterocycles. The molecule has 2 amide bonds. The SMILES string of the molecule is Cc1cc([C@@H](C(=O)N2C[C@@H](O)C[C@@H]2C(=O)NCc2ccc(-c3scnc3C)cc2OI)C(C)C)on1. The zero-order chi connectivity index (χ0) is 26.0. The molecule has 1 aromatic carbocycles. The number of nitrogens with zero attached hydrogens (tertiary/aromatic N) is 3. The van der Waals surface area contributed by atoms with Crippen molar-refractivity contribution in [2.45, 2.75) is 58.7 Å². The van der Waals surface area contributed by atoms with E-state index < -0.39 is 18.1 Å². The molecule has 3 aromatic rings. The lowest BCUT2D eigenvalue weighted by molar-refractivity contribution is -0.141. The number of carbonyl (C=O) groups is 2. The van der Waals surface area contributed by atoms with Crippen LogP contribution in [0, 0.1) is 19.8 Å². The van der Waals surface area contributed by atoms with Gasteiger partial charge in [-0.15, -0.1) is 11.3 Å². The van der Waals surface area contributed by atoms with E-state index in [-0.39, 0.29) is 37.2 Å². The van der Waals surface area contributed by atoms with Crippen LogP contribution < -0.4 is 8.38 Å². The van der Waals surface area contributed by atoms with Gasteiger partial charge in [0.05, 0.1) is 27.9 Å². The normalized spacial score (nSPS) is 18.5. The van der Waals surface area contributed by atoms with Crippen LogP contribution in [0.4, 0.5) is 0 Å². The van der Waals surface area contributed by atoms with Crippen molar-refractivity contribution < 1.29 is 22.3 Å². The van der Waals surface area contributed by atoms with Crippen molar-refractivity contribution in [3.8, 4) is 16.2 Å². The first-order valence-electron chi connectivity index (χ1n) is 11.7. The molecule has 192 valence electrons. The molecular formula is C25H29IN4O5S. The van der Waals surface area contributed by atoms with E-state index in [4.69, 9.17) is 7.59 Å². The summed E-state index contributed by atoms with van der Waals surface area (Å²) in [6.07, 6.45) is -0.596. The van der Waals surface area contributed by atoms with Crippen LogP contribution in [0.2, 0.25) is 0 Å². The first kappa shape index (κ1) is 26.6. The quantitative estimate of drug-likeness (QED) is 0.362. The minimum Gasteiger partial charge on any atom is -0.427 e. The minimum atomic E-state index is -0.777. The fourth-order valence-electron chi connectivity index (χ4n) is 4.54. The second-order valence-electron chi connectivity index (χ2n) is 9.37. The largest absolute Gasteiger partial charge is 0.427 e. The molecule has 1 fully saturated rings. The van der Waals surface area contributed by atoms with Crippen molar-refractivity contribution in [1.82, 2.24) is 20.4 Å². The Labute approximate surface area is 227 Å². The number of rotatable bonds is 8. The molecule has 0 saturated carbocycles. The summed E-state index contributed by atoms with van der Waals surface area (Å²) < 4.78 is 10.9. The fraction of sp³-hybridized carbons (Fsp3) is 0.440. The van der Waals surface area contributed by atoms with Crippen molar-refractivity contribution in [2.24, 2.45) is 5.92 Å². The maximum atomic E-state index is 13.5. The van der Waals surface area contributed by atoms with E-state index in [1.165, 1.54) is 4.90 Å². The molecule has 0 unspecified atom stereocenters. The molecule has 0 bridgehead atoms. The standard InChI is InChI=1S/C25H29IN4O5S/c1-13(2)22(21-7-14(3)29-35-21)25(33)30-11-18(31)9-19(30)24(32)27-10-17-6-5-16(8-20(17)34-26)23-15(4)28-12-36-23/h5-8,12-13,18-19,22,31H,9-11H2,1-4H3,(H,27,32)/t18-,19+,22-/m0/s1. The van der Waals surface area contributed by atoms with E-state index in [2.05, 4.69) is 15.5 Å². The van der Waals surface area contributed by atoms with Gasteiger partial charge in [-0.3, -0.25) is 9.59 Å². The van der Waals surface area contributed by atoms with Crippen LogP contribution in [0.15, 0.2) is 34.3 Å². The number of aromatic nitrogens is 2. The molecule has 11 heteroatoms. The molecule has 9 nitrogen and oxygen atoms in total. The van der Waals surface area contributed by atoms with Gasteiger partial charge in [-0.25, -0.2) is 4.98 Å². The summed E-state index contributed by atoms with van der Waals surface area (Å²) in [5, 5.41) is 17.2. The van der Waals surface area contributed by atoms with Gasteiger partial charge in [0, 0.05) is 31.1 Å². The van der Waals surface area contributed by atoms with Crippen molar-refractivity contribution in [3.63, 3.8) is 0 Å². The number of thiazole rings is 1. The van der Waals surface area contributed by atoms with Crippen LogP contribution in [0.25, 0.3) is 10.4 Å². The molecular weight excluding hydrogens is 595 g/mol. The highest BCUT2D eigenvalue weighted by Crippen LogP contribution is 2.33. The summed E-state index contributed by atoms with van der Waals surface area (Å²) in [5.41, 5.74) is 5.24. The molecule has 0 aliphatic carbocycles.